The van der Waals surface area contributed by atoms with Gasteiger partial charge in [0.05, 0.1) is 58.9 Å². The summed E-state index contributed by atoms with van der Waals surface area (Å²) >= 11 is 3.26. The summed E-state index contributed by atoms with van der Waals surface area (Å²) in [5.41, 5.74) is 3.90. The summed E-state index contributed by atoms with van der Waals surface area (Å²) in [7, 11) is 6.79. The number of aryl methyl sites for hydroxylation is 1. The van der Waals surface area contributed by atoms with Crippen molar-refractivity contribution in [1.29, 1.82) is 0 Å². The number of imidazole rings is 1. The third-order valence-corrected chi connectivity index (χ3v) is 18.9. The standard InChI is InChI=1S/C52H76IN7O14S/c1-25-21-51(8,68-13)43(72-48-39(62)33(59(10)11)20-26(2)69-48)28(4)40(71-34-22-50(7,67-12)42(63)30(6)70-34)29(5)46(65)73-49(53)52(9)35(27(3)38(25)61)41(47(66)74-52)75-19-18-60-24-57-36-37(60)32(23-56-44(36)54)45(64)58-31-14-16-55-17-15-31/h14-17,23-30,33-35,39-43,48-49,62-63H,18-22H2,1-13H3,(H2,54,56)(H,55,58,64)/t25-,26-,27-,28+,29-,30+,33+,34+,35+,39-,40+,41+,42+,43-,48+,49+,50-,51-,52+/m1/s1. The lowest BCUT2D eigenvalue weighted by Crippen LogP contribution is -2.61. The first-order valence-electron chi connectivity index (χ1n) is 25.6. The zero-order chi connectivity index (χ0) is 55.1. The van der Waals surface area contributed by atoms with Crippen LogP contribution >= 0.6 is 34.4 Å². The Hall–Kier alpha value is -3.63. The number of ether oxygens (including phenoxy) is 8. The summed E-state index contributed by atoms with van der Waals surface area (Å²) in [5.74, 6) is -5.65. The SMILES string of the molecule is CO[C@]1(C)C[C@@H](C)C(=O)[C@H](C)[C@H]2[C@H](SCCn3cnc4c(N)ncc(C(=O)Nc5ccncc5)c43)C(=O)O[C@]2(C)[C@@H](I)OC(=O)[C@H](C)[C@@H](O[C@H]2C[C@@](C)(OC)[C@@H](O)[C@H](C)O2)[C@H](C)[C@H]1O[C@@H]1O[C@H](C)C[C@H](N(C)C)[C@H]1O. The molecule has 0 unspecified atom stereocenters. The maximum Gasteiger partial charge on any atom is 0.320 e. The number of nitrogen functional groups attached to an aromatic ring is 1. The van der Waals surface area contributed by atoms with Crippen LogP contribution in [-0.4, -0.2) is 174 Å². The van der Waals surface area contributed by atoms with Gasteiger partial charge in [-0.1, -0.05) is 20.8 Å². The highest BCUT2D eigenvalue weighted by Crippen LogP contribution is 2.50. The van der Waals surface area contributed by atoms with E-state index in [0.29, 0.717) is 28.9 Å². The first kappa shape index (κ1) is 59.0. The Morgan fingerprint density at radius 1 is 0.960 bits per heavy atom. The molecule has 4 aliphatic heterocycles. The van der Waals surface area contributed by atoms with E-state index >= 15 is 4.79 Å². The average Bonchev–Trinajstić information content (AvgIpc) is 3.91. The highest BCUT2D eigenvalue weighted by molar-refractivity contribution is 14.1. The number of alkyl halides is 1. The molecule has 0 radical (unpaired) electrons. The van der Waals surface area contributed by atoms with E-state index in [1.165, 1.54) is 32.2 Å². The molecule has 0 aromatic carbocycles. The number of hydrogen-bond acceptors (Lipinski definition) is 20. The zero-order valence-electron chi connectivity index (χ0n) is 45.1. The lowest BCUT2D eigenvalue weighted by atomic mass is 9.72. The van der Waals surface area contributed by atoms with Crippen molar-refractivity contribution in [3.63, 3.8) is 0 Å². The Labute approximate surface area is 456 Å². The number of aliphatic hydroxyl groups excluding tert-OH is 2. The minimum absolute atomic E-state index is 0.0951. The molecule has 4 saturated heterocycles. The summed E-state index contributed by atoms with van der Waals surface area (Å²) in [6.45, 7) is 16.3. The lowest BCUT2D eigenvalue weighted by molar-refractivity contribution is -0.319. The molecule has 3 aromatic heterocycles. The number of methoxy groups -OCH3 is 2. The number of nitrogens with one attached hydrogen (secondary N) is 1. The van der Waals surface area contributed by atoms with E-state index in [-0.39, 0.29) is 48.7 Å². The molecule has 21 nitrogen and oxygen atoms in total. The molecule has 7 heterocycles. The molecular weight excluding hydrogens is 1110 g/mol. The van der Waals surface area contributed by atoms with Crippen LogP contribution in [0.4, 0.5) is 11.5 Å². The fraction of sp³-hybridized carbons (Fsp3) is 0.712. The number of esters is 2. The van der Waals surface area contributed by atoms with E-state index in [0.717, 1.165) is 0 Å². The van der Waals surface area contributed by atoms with Gasteiger partial charge in [0.25, 0.3) is 5.91 Å². The van der Waals surface area contributed by atoms with Gasteiger partial charge in [0.1, 0.15) is 28.8 Å². The Kier molecular flexibility index (Phi) is 18.7. The minimum Gasteiger partial charge on any atom is -0.453 e. The Balaban J connectivity index is 1.24. The van der Waals surface area contributed by atoms with Crippen molar-refractivity contribution in [2.24, 2.45) is 29.6 Å². The number of rotatable bonds is 13. The second-order valence-corrected chi connectivity index (χ2v) is 24.1. The molecule has 75 heavy (non-hydrogen) atoms. The normalized spacial score (nSPS) is 39.2. The fourth-order valence-electron chi connectivity index (χ4n) is 11.6. The molecule has 4 aliphatic rings. The van der Waals surface area contributed by atoms with Gasteiger partial charge in [-0.25, -0.2) is 9.97 Å². The van der Waals surface area contributed by atoms with Crippen LogP contribution in [0.2, 0.25) is 0 Å². The first-order valence-corrected chi connectivity index (χ1v) is 27.9. The minimum atomic E-state index is -1.51. The number of Topliss-reactive ketones (excluding diaryl/α,β-unsaturated/α-hetero) is 1. The number of amides is 1. The van der Waals surface area contributed by atoms with Crippen LogP contribution in [0.3, 0.4) is 0 Å². The van der Waals surface area contributed by atoms with Crippen LogP contribution in [0.15, 0.2) is 37.1 Å². The van der Waals surface area contributed by atoms with Crippen molar-refractivity contribution in [1.82, 2.24) is 24.4 Å². The average molecular weight is 1180 g/mol. The van der Waals surface area contributed by atoms with Gasteiger partial charge < -0.3 is 68.6 Å². The smallest absolute Gasteiger partial charge is 0.320 e. The van der Waals surface area contributed by atoms with E-state index in [4.69, 9.17) is 43.6 Å². The van der Waals surface area contributed by atoms with Crippen molar-refractivity contribution >= 4 is 80.5 Å². The van der Waals surface area contributed by atoms with Crippen molar-refractivity contribution in [2.75, 3.05) is 45.1 Å². The molecule has 0 spiro atoms. The van der Waals surface area contributed by atoms with Gasteiger partial charge in [0.2, 0.25) is 0 Å². The fourth-order valence-corrected chi connectivity index (χ4v) is 13.9. The number of ketones is 1. The number of cyclic esters (lactones) is 1. The molecule has 0 saturated carbocycles. The number of hydrogen-bond donors (Lipinski definition) is 4. The molecule has 0 bridgehead atoms. The van der Waals surface area contributed by atoms with Gasteiger partial charge in [-0.3, -0.25) is 24.2 Å². The predicted molar refractivity (Wildman–Crippen MR) is 287 cm³/mol. The summed E-state index contributed by atoms with van der Waals surface area (Å²) in [6, 6.07) is 3.00. The van der Waals surface area contributed by atoms with E-state index < -0.39 is 117 Å². The maximum absolute atomic E-state index is 15.2. The van der Waals surface area contributed by atoms with E-state index in [2.05, 4.69) is 20.3 Å². The highest BCUT2D eigenvalue weighted by Gasteiger charge is 2.62. The number of aliphatic hydroxyl groups is 2. The summed E-state index contributed by atoms with van der Waals surface area (Å²) in [5, 5.41) is 25.0. The van der Waals surface area contributed by atoms with Crippen molar-refractivity contribution in [3.05, 3.63) is 42.6 Å². The molecule has 0 aliphatic carbocycles. The highest BCUT2D eigenvalue weighted by atomic mass is 127. The van der Waals surface area contributed by atoms with Gasteiger partial charge >= 0.3 is 11.9 Å². The molecule has 23 heteroatoms. The van der Waals surface area contributed by atoms with Crippen LogP contribution in [0.25, 0.3) is 11.0 Å². The molecule has 5 N–H and O–H groups in total. The van der Waals surface area contributed by atoms with Gasteiger partial charge in [0.15, 0.2) is 28.1 Å². The van der Waals surface area contributed by atoms with Gasteiger partial charge in [-0.2, -0.15) is 0 Å². The number of thioether (sulfide) groups is 1. The number of carbonyl (C=O) groups excluding carboxylic acids is 4. The third kappa shape index (κ3) is 12.0. The Bertz CT molecular complexity index is 2510. The van der Waals surface area contributed by atoms with Crippen molar-refractivity contribution in [2.45, 2.75) is 170 Å². The van der Waals surface area contributed by atoms with Crippen LogP contribution in [-0.2, 0) is 58.8 Å². The number of anilines is 2. The second kappa shape index (κ2) is 23.8. The molecular formula is C52H76IN7O14S. The number of nitrogens with zero attached hydrogens (tertiary/aromatic N) is 5. The van der Waals surface area contributed by atoms with Crippen LogP contribution in [0, 0.1) is 29.6 Å². The number of likely N-dealkylation sites (N-methyl/N-ethyl adjacent to an activating group) is 1. The van der Waals surface area contributed by atoms with Crippen LogP contribution in [0.1, 0.15) is 91.9 Å². The molecule has 7 rings (SSSR count). The molecule has 416 valence electrons. The van der Waals surface area contributed by atoms with E-state index in [1.807, 2.05) is 69.3 Å². The number of pyridine rings is 2. The van der Waals surface area contributed by atoms with Gasteiger partial charge in [0, 0.05) is 86.9 Å². The van der Waals surface area contributed by atoms with Gasteiger partial charge in [-0.15, -0.1) is 11.8 Å². The second-order valence-electron chi connectivity index (χ2n) is 21.7. The Morgan fingerprint density at radius 3 is 2.29 bits per heavy atom. The third-order valence-electron chi connectivity index (χ3n) is 16.1. The number of carbonyl (C=O) groups is 4. The van der Waals surface area contributed by atoms with Crippen molar-refractivity contribution < 1.29 is 67.3 Å². The quantitative estimate of drug-likeness (QED) is 0.0994. The number of aromatic nitrogens is 4. The molecule has 4 fully saturated rings. The van der Waals surface area contributed by atoms with Crippen molar-refractivity contribution in [3.8, 4) is 0 Å². The predicted octanol–water partition coefficient (Wildman–Crippen LogP) is 5.02. The molecule has 19 atom stereocenters. The monoisotopic (exact) mass is 1180 g/mol. The van der Waals surface area contributed by atoms with Gasteiger partial charge in [-0.05, 0) is 103 Å². The molecule has 1 amide bonds. The topological polar surface area (TPSA) is 267 Å². The van der Waals surface area contributed by atoms with E-state index in [1.54, 1.807) is 70.0 Å². The number of halogens is 1. The summed E-state index contributed by atoms with van der Waals surface area (Å²) in [4.78, 5) is 72.8. The number of fused-ring (bicyclic) bond motifs is 2. The summed E-state index contributed by atoms with van der Waals surface area (Å²) in [6.07, 6.45) is -0.530. The summed E-state index contributed by atoms with van der Waals surface area (Å²) < 4.78 is 52.2. The first-order chi connectivity index (χ1) is 35.3. The van der Waals surface area contributed by atoms with Crippen LogP contribution in [0.5, 0.6) is 0 Å². The van der Waals surface area contributed by atoms with Crippen LogP contribution < -0.4 is 11.1 Å². The zero-order valence-corrected chi connectivity index (χ0v) is 48.1. The maximum atomic E-state index is 15.2. The number of nitrogens with two attached hydrogens (primary N) is 1. The molecule has 3 aromatic rings. The Morgan fingerprint density at radius 2 is 1.64 bits per heavy atom. The largest absolute Gasteiger partial charge is 0.453 e. The lowest BCUT2D eigenvalue weighted by Gasteiger charge is -2.49. The van der Waals surface area contributed by atoms with E-state index in [9.17, 15) is 24.6 Å².